The Morgan fingerprint density at radius 3 is 2.35 bits per heavy atom. The van der Waals surface area contributed by atoms with E-state index >= 15 is 0 Å². The average Bonchev–Trinajstić information content (AvgIpc) is 2.61. The van der Waals surface area contributed by atoms with Gasteiger partial charge in [-0.25, -0.2) is 10.6 Å². The van der Waals surface area contributed by atoms with Crippen molar-refractivity contribution in [2.45, 2.75) is 70.7 Å². The number of allylic oxidation sites excluding steroid dienone is 1. The molecule has 1 aliphatic heterocycles. The number of aliphatic hydroxyl groups is 3. The lowest BCUT2D eigenvalue weighted by Crippen LogP contribution is -2.64. The highest BCUT2D eigenvalue weighted by atomic mass is 16.6. The lowest BCUT2D eigenvalue weighted by Gasteiger charge is -2.41. The van der Waals surface area contributed by atoms with Crippen molar-refractivity contribution in [1.82, 2.24) is 10.3 Å². The van der Waals surface area contributed by atoms with Crippen molar-refractivity contribution in [3.05, 3.63) is 11.9 Å². The van der Waals surface area contributed by atoms with Crippen LogP contribution >= 0.6 is 0 Å². The van der Waals surface area contributed by atoms with Crippen LogP contribution in [0, 0.1) is 0 Å². The largest absolute Gasteiger partial charge is 0.479 e. The fraction of sp³-hybridized carbons (Fsp3) is 0.812. The van der Waals surface area contributed by atoms with E-state index < -0.39 is 36.6 Å². The van der Waals surface area contributed by atoms with E-state index in [1.807, 2.05) is 13.8 Å². The van der Waals surface area contributed by atoms with Crippen LogP contribution in [0.15, 0.2) is 11.9 Å². The Kier molecular flexibility index (Phi) is 12.1. The number of nitrogens with one attached hydrogen (secondary N) is 1. The third kappa shape index (κ3) is 7.44. The molecule has 0 saturated carbocycles. The van der Waals surface area contributed by atoms with E-state index in [2.05, 4.69) is 12.2 Å². The summed E-state index contributed by atoms with van der Waals surface area (Å²) in [4.78, 5) is 11.1. The molecule has 1 aliphatic rings. The minimum Gasteiger partial charge on any atom is -0.479 e. The number of carbonyl (C=O) groups is 1. The molecule has 10 heteroatoms. The minimum atomic E-state index is -1.76. The first-order chi connectivity index (χ1) is 12.3. The van der Waals surface area contributed by atoms with Gasteiger partial charge in [0.1, 0.15) is 18.3 Å². The molecule has 10 nitrogen and oxygen atoms in total. The SMILES string of the molecule is CC.CCCNCCC/C(N)=C/N(N)C1OC(C(=O)O)C(O)C(O)C1O. The summed E-state index contributed by atoms with van der Waals surface area (Å²) in [7, 11) is 0. The number of hydrogen-bond donors (Lipinski definition) is 7. The molecule has 1 saturated heterocycles. The lowest BCUT2D eigenvalue weighted by atomic mass is 9.98. The number of hydrazine groups is 1. The zero-order chi connectivity index (χ0) is 20.3. The van der Waals surface area contributed by atoms with Gasteiger partial charge in [-0.2, -0.15) is 0 Å². The molecule has 1 heterocycles. The number of aliphatic carboxylic acids is 1. The van der Waals surface area contributed by atoms with Gasteiger partial charge in [0.25, 0.3) is 0 Å². The molecular weight excluding hydrogens is 344 g/mol. The minimum absolute atomic E-state index is 0.416. The van der Waals surface area contributed by atoms with Crippen molar-refractivity contribution in [2.75, 3.05) is 13.1 Å². The molecule has 0 aromatic rings. The molecule has 0 amide bonds. The molecule has 5 atom stereocenters. The van der Waals surface area contributed by atoms with Crippen LogP contribution in [-0.4, -0.2) is 75.1 Å². The second-order valence-electron chi connectivity index (χ2n) is 5.76. The van der Waals surface area contributed by atoms with Crippen molar-refractivity contribution in [3.8, 4) is 0 Å². The van der Waals surface area contributed by atoms with E-state index in [1.54, 1.807) is 0 Å². The molecule has 0 spiro atoms. The normalized spacial score (nSPS) is 28.9. The maximum atomic E-state index is 11.1. The summed E-state index contributed by atoms with van der Waals surface area (Å²) in [5.74, 6) is 4.29. The van der Waals surface area contributed by atoms with Crippen LogP contribution in [0.2, 0.25) is 0 Å². The maximum Gasteiger partial charge on any atom is 0.335 e. The summed E-state index contributed by atoms with van der Waals surface area (Å²) < 4.78 is 5.09. The molecule has 0 radical (unpaired) electrons. The smallest absolute Gasteiger partial charge is 0.335 e. The predicted octanol–water partition coefficient (Wildman–Crippen LogP) is -1.34. The molecule has 1 fully saturated rings. The Morgan fingerprint density at radius 1 is 1.19 bits per heavy atom. The molecule has 0 aliphatic carbocycles. The highest BCUT2D eigenvalue weighted by Crippen LogP contribution is 2.23. The van der Waals surface area contributed by atoms with Gasteiger partial charge < -0.3 is 36.2 Å². The number of rotatable bonds is 9. The van der Waals surface area contributed by atoms with Gasteiger partial charge in [0.15, 0.2) is 12.3 Å². The topological polar surface area (TPSA) is 175 Å². The van der Waals surface area contributed by atoms with Gasteiger partial charge in [0.05, 0.1) is 0 Å². The van der Waals surface area contributed by atoms with Crippen LogP contribution in [0.4, 0.5) is 0 Å². The van der Waals surface area contributed by atoms with Crippen molar-refractivity contribution in [3.63, 3.8) is 0 Å². The molecule has 0 aromatic heterocycles. The predicted molar refractivity (Wildman–Crippen MR) is 96.4 cm³/mol. The number of nitrogens with zero attached hydrogens (tertiary/aromatic N) is 1. The Morgan fingerprint density at radius 2 is 1.81 bits per heavy atom. The summed E-state index contributed by atoms with van der Waals surface area (Å²) in [5.41, 5.74) is 6.26. The maximum absolute atomic E-state index is 11.1. The average molecular weight is 378 g/mol. The van der Waals surface area contributed by atoms with Crippen molar-refractivity contribution in [2.24, 2.45) is 11.6 Å². The number of carboxylic acid groups (broad SMARTS) is 1. The number of hydrogen-bond acceptors (Lipinski definition) is 9. The van der Waals surface area contributed by atoms with Crippen LogP contribution < -0.4 is 16.9 Å². The number of aliphatic hydroxyl groups excluding tert-OH is 3. The molecule has 5 unspecified atom stereocenters. The monoisotopic (exact) mass is 378 g/mol. The van der Waals surface area contributed by atoms with E-state index in [9.17, 15) is 20.1 Å². The Bertz CT molecular complexity index is 437. The van der Waals surface area contributed by atoms with E-state index in [1.165, 1.54) is 6.20 Å². The van der Waals surface area contributed by atoms with E-state index in [4.69, 9.17) is 21.4 Å². The standard InChI is InChI=1S/C14H28N4O6.C2H6/c1-2-5-17-6-3-4-8(15)7-18(16)13-11(21)9(19)10(20)12(24-13)14(22)23;1-2/h7,9-13,17,19-21H,2-6,15-16H2,1H3,(H,22,23);1-2H3/b8-7-;. The molecular formula is C16H34N4O6. The molecule has 26 heavy (non-hydrogen) atoms. The van der Waals surface area contributed by atoms with Gasteiger partial charge in [-0.05, 0) is 32.4 Å². The van der Waals surface area contributed by atoms with Crippen LogP contribution in [-0.2, 0) is 9.53 Å². The quantitative estimate of drug-likeness (QED) is 0.144. The van der Waals surface area contributed by atoms with Gasteiger partial charge in [0, 0.05) is 11.9 Å². The number of ether oxygens (including phenoxy) is 1. The highest BCUT2D eigenvalue weighted by molar-refractivity contribution is 5.73. The first-order valence-electron chi connectivity index (χ1n) is 8.92. The third-order valence-electron chi connectivity index (χ3n) is 3.69. The summed E-state index contributed by atoms with van der Waals surface area (Å²) in [6.07, 6.45) is -4.42. The van der Waals surface area contributed by atoms with Gasteiger partial charge in [-0.1, -0.05) is 20.8 Å². The summed E-state index contributed by atoms with van der Waals surface area (Å²) in [6.45, 7) is 7.78. The third-order valence-corrected chi connectivity index (χ3v) is 3.69. The Labute approximate surface area is 154 Å². The molecule has 0 bridgehead atoms. The van der Waals surface area contributed by atoms with E-state index in [0.717, 1.165) is 30.9 Å². The zero-order valence-corrected chi connectivity index (χ0v) is 15.7. The van der Waals surface area contributed by atoms with Crippen LogP contribution in [0.25, 0.3) is 0 Å². The lowest BCUT2D eigenvalue weighted by molar-refractivity contribution is -0.254. The van der Waals surface area contributed by atoms with Crippen LogP contribution in [0.5, 0.6) is 0 Å². The number of carboxylic acids is 1. The van der Waals surface area contributed by atoms with Gasteiger partial charge in [-0.15, -0.1) is 0 Å². The fourth-order valence-electron chi connectivity index (χ4n) is 2.36. The summed E-state index contributed by atoms with van der Waals surface area (Å²) >= 11 is 0. The number of nitrogens with two attached hydrogens (primary N) is 2. The van der Waals surface area contributed by atoms with Crippen molar-refractivity contribution < 1.29 is 30.0 Å². The van der Waals surface area contributed by atoms with Gasteiger partial charge >= 0.3 is 5.97 Å². The first kappa shape index (κ1) is 24.6. The molecule has 1 rings (SSSR count). The van der Waals surface area contributed by atoms with Gasteiger partial charge in [0.2, 0.25) is 0 Å². The first-order valence-corrected chi connectivity index (χ1v) is 8.92. The molecule has 0 aromatic carbocycles. The molecule has 9 N–H and O–H groups in total. The van der Waals surface area contributed by atoms with Crippen LogP contribution in [0.1, 0.15) is 40.0 Å². The second-order valence-corrected chi connectivity index (χ2v) is 5.76. The summed E-state index contributed by atoms with van der Waals surface area (Å²) in [6, 6.07) is 0. The van der Waals surface area contributed by atoms with Crippen LogP contribution in [0.3, 0.4) is 0 Å². The second kappa shape index (κ2) is 12.8. The van der Waals surface area contributed by atoms with E-state index in [-0.39, 0.29) is 0 Å². The van der Waals surface area contributed by atoms with E-state index in [0.29, 0.717) is 12.1 Å². The van der Waals surface area contributed by atoms with Crippen molar-refractivity contribution >= 4 is 5.97 Å². The van der Waals surface area contributed by atoms with Crippen molar-refractivity contribution in [1.29, 1.82) is 0 Å². The molecule has 154 valence electrons. The highest BCUT2D eigenvalue weighted by Gasteiger charge is 2.48. The van der Waals surface area contributed by atoms with Gasteiger partial charge in [-0.3, -0.25) is 5.01 Å². The summed E-state index contributed by atoms with van der Waals surface area (Å²) in [5, 5.41) is 42.4. The Hall–Kier alpha value is -1.43. The zero-order valence-electron chi connectivity index (χ0n) is 15.7. The Balaban J connectivity index is 0.00000301. The fourth-order valence-corrected chi connectivity index (χ4v) is 2.36.